The van der Waals surface area contributed by atoms with Crippen LogP contribution < -0.4 is 20.1 Å². The minimum absolute atomic E-state index is 0.00797. The van der Waals surface area contributed by atoms with Crippen LogP contribution in [0.4, 0.5) is 5.82 Å². The zero-order valence-electron chi connectivity index (χ0n) is 20.9. The Morgan fingerprint density at radius 2 is 1.81 bits per heavy atom. The molecule has 3 atom stereocenters. The Kier molecular flexibility index (Phi) is 6.77. The highest BCUT2D eigenvalue weighted by Gasteiger charge is 2.45. The van der Waals surface area contributed by atoms with Crippen molar-refractivity contribution in [3.8, 4) is 11.5 Å². The quantitative estimate of drug-likeness (QED) is 0.503. The molecule has 2 aliphatic rings. The van der Waals surface area contributed by atoms with Crippen LogP contribution in [0, 0.1) is 5.92 Å². The van der Waals surface area contributed by atoms with Crippen LogP contribution in [0.5, 0.6) is 11.5 Å². The van der Waals surface area contributed by atoms with Crippen LogP contribution in [0.3, 0.4) is 0 Å². The third-order valence-corrected chi connectivity index (χ3v) is 7.08. The van der Waals surface area contributed by atoms with Gasteiger partial charge in [-0.2, -0.15) is 0 Å². The minimum Gasteiger partial charge on any atom is -0.497 e. The molecule has 1 aliphatic carbocycles. The number of hydrogen-bond acceptors (Lipinski definition) is 6. The van der Waals surface area contributed by atoms with Crippen LogP contribution in [0.25, 0.3) is 0 Å². The van der Waals surface area contributed by atoms with E-state index in [2.05, 4.69) is 22.2 Å². The Bertz CT molecular complexity index is 1370. The molecule has 188 valence electrons. The first-order valence-corrected chi connectivity index (χ1v) is 12.2. The molecule has 0 fully saturated rings. The van der Waals surface area contributed by atoms with E-state index < -0.39 is 11.8 Å². The van der Waals surface area contributed by atoms with Crippen molar-refractivity contribution in [1.82, 2.24) is 10.3 Å². The van der Waals surface area contributed by atoms with Gasteiger partial charge in [0.25, 0.3) is 0 Å². The van der Waals surface area contributed by atoms with E-state index in [0.717, 1.165) is 16.8 Å². The van der Waals surface area contributed by atoms with E-state index in [1.165, 1.54) is 0 Å². The van der Waals surface area contributed by atoms with Crippen LogP contribution in [-0.4, -0.2) is 30.9 Å². The SMILES string of the molecule is C=C1NC2=C(C(=O)CC(c3ccccc3)C2)C(c2ccc(OC)cc2OC)C1C(=O)Nc1ccccn1. The van der Waals surface area contributed by atoms with Gasteiger partial charge in [0.1, 0.15) is 17.3 Å². The number of ketones is 1. The highest BCUT2D eigenvalue weighted by Crippen LogP contribution is 2.49. The first-order valence-electron chi connectivity index (χ1n) is 12.2. The van der Waals surface area contributed by atoms with Gasteiger partial charge in [-0.15, -0.1) is 0 Å². The molecule has 1 aromatic heterocycles. The molecule has 0 radical (unpaired) electrons. The van der Waals surface area contributed by atoms with Crippen molar-refractivity contribution in [1.29, 1.82) is 0 Å². The van der Waals surface area contributed by atoms with Gasteiger partial charge in [-0.3, -0.25) is 9.59 Å². The summed E-state index contributed by atoms with van der Waals surface area (Å²) in [6.07, 6.45) is 2.62. The summed E-state index contributed by atoms with van der Waals surface area (Å²) in [4.78, 5) is 31.7. The number of nitrogens with one attached hydrogen (secondary N) is 2. The third kappa shape index (κ3) is 4.72. The number of allylic oxidation sites excluding steroid dienone is 2. The van der Waals surface area contributed by atoms with Crippen molar-refractivity contribution in [3.05, 3.63) is 108 Å². The average molecular weight is 496 g/mol. The van der Waals surface area contributed by atoms with E-state index in [1.54, 1.807) is 44.7 Å². The normalized spacial score (nSPS) is 21.1. The zero-order chi connectivity index (χ0) is 25.9. The number of methoxy groups -OCH3 is 2. The fourth-order valence-electron chi connectivity index (χ4n) is 5.37. The molecule has 3 aromatic rings. The summed E-state index contributed by atoms with van der Waals surface area (Å²) in [6, 6.07) is 20.8. The second-order valence-electron chi connectivity index (χ2n) is 9.25. The second kappa shape index (κ2) is 10.3. The Balaban J connectivity index is 1.61. The molecule has 1 amide bonds. The molecule has 3 unspecified atom stereocenters. The average Bonchev–Trinajstić information content (AvgIpc) is 2.92. The fourth-order valence-corrected chi connectivity index (χ4v) is 5.37. The lowest BCUT2D eigenvalue weighted by Crippen LogP contribution is -2.43. The molecule has 2 heterocycles. The molecule has 0 saturated carbocycles. The Morgan fingerprint density at radius 3 is 2.51 bits per heavy atom. The first-order chi connectivity index (χ1) is 18.0. The van der Waals surface area contributed by atoms with Gasteiger partial charge in [-0.05, 0) is 36.1 Å². The van der Waals surface area contributed by atoms with E-state index in [0.29, 0.717) is 41.4 Å². The molecule has 0 bridgehead atoms. The molecule has 37 heavy (non-hydrogen) atoms. The van der Waals surface area contributed by atoms with Crippen LogP contribution in [-0.2, 0) is 9.59 Å². The Morgan fingerprint density at radius 1 is 1.03 bits per heavy atom. The summed E-state index contributed by atoms with van der Waals surface area (Å²) in [6.45, 7) is 4.23. The summed E-state index contributed by atoms with van der Waals surface area (Å²) < 4.78 is 11.1. The van der Waals surface area contributed by atoms with Gasteiger partial charge in [-0.25, -0.2) is 4.98 Å². The summed E-state index contributed by atoms with van der Waals surface area (Å²) in [5.74, 6) is -0.00425. The van der Waals surface area contributed by atoms with Gasteiger partial charge in [0.15, 0.2) is 5.78 Å². The largest absolute Gasteiger partial charge is 0.497 e. The van der Waals surface area contributed by atoms with Gasteiger partial charge in [0.2, 0.25) is 5.91 Å². The molecule has 2 aromatic carbocycles. The molecule has 0 saturated heterocycles. The summed E-state index contributed by atoms with van der Waals surface area (Å²) in [5, 5.41) is 6.24. The van der Waals surface area contributed by atoms with Crippen molar-refractivity contribution in [2.75, 3.05) is 19.5 Å². The van der Waals surface area contributed by atoms with Crippen LogP contribution >= 0.6 is 0 Å². The number of aromatic nitrogens is 1. The highest BCUT2D eigenvalue weighted by atomic mass is 16.5. The summed E-state index contributed by atoms with van der Waals surface area (Å²) >= 11 is 0. The third-order valence-electron chi connectivity index (χ3n) is 7.08. The molecule has 7 heteroatoms. The van der Waals surface area contributed by atoms with Gasteiger partial charge in [0.05, 0.1) is 20.1 Å². The molecule has 2 N–H and O–H groups in total. The lowest BCUT2D eigenvalue weighted by atomic mass is 9.68. The van der Waals surface area contributed by atoms with Crippen LogP contribution in [0.2, 0.25) is 0 Å². The number of rotatable bonds is 6. The van der Waals surface area contributed by atoms with E-state index in [-0.39, 0.29) is 17.6 Å². The number of Topliss-reactive ketones (excluding diaryl/α,β-unsaturated/α-hetero) is 1. The number of carbonyl (C=O) groups is 2. The number of benzene rings is 2. The van der Waals surface area contributed by atoms with E-state index in [9.17, 15) is 9.59 Å². The number of hydrogen-bond donors (Lipinski definition) is 2. The molecule has 5 rings (SSSR count). The summed E-state index contributed by atoms with van der Waals surface area (Å²) in [5.41, 5.74) is 3.77. The maximum Gasteiger partial charge on any atom is 0.235 e. The predicted molar refractivity (Wildman–Crippen MR) is 141 cm³/mol. The number of pyridine rings is 1. The Labute approximate surface area is 216 Å². The first kappa shape index (κ1) is 24.3. The lowest BCUT2D eigenvalue weighted by molar-refractivity contribution is -0.120. The topological polar surface area (TPSA) is 89.5 Å². The van der Waals surface area contributed by atoms with Crippen molar-refractivity contribution in [3.63, 3.8) is 0 Å². The maximum absolute atomic E-state index is 13.8. The van der Waals surface area contributed by atoms with Crippen LogP contribution in [0.15, 0.2) is 96.5 Å². The molecule has 0 spiro atoms. The van der Waals surface area contributed by atoms with E-state index in [1.807, 2.05) is 42.5 Å². The van der Waals surface area contributed by atoms with Gasteiger partial charge < -0.3 is 20.1 Å². The predicted octanol–water partition coefficient (Wildman–Crippen LogP) is 4.96. The van der Waals surface area contributed by atoms with Gasteiger partial charge in [0, 0.05) is 47.1 Å². The van der Waals surface area contributed by atoms with E-state index in [4.69, 9.17) is 9.47 Å². The zero-order valence-corrected chi connectivity index (χ0v) is 20.9. The highest BCUT2D eigenvalue weighted by molar-refractivity contribution is 6.03. The second-order valence-corrected chi connectivity index (χ2v) is 9.25. The molecule has 1 aliphatic heterocycles. The molecular weight excluding hydrogens is 466 g/mol. The number of amides is 1. The number of anilines is 1. The van der Waals surface area contributed by atoms with Crippen LogP contribution in [0.1, 0.15) is 35.8 Å². The summed E-state index contributed by atoms with van der Waals surface area (Å²) in [7, 11) is 3.15. The lowest BCUT2D eigenvalue weighted by Gasteiger charge is -2.40. The van der Waals surface area contributed by atoms with Crippen molar-refractivity contribution < 1.29 is 19.1 Å². The van der Waals surface area contributed by atoms with Gasteiger partial charge >= 0.3 is 0 Å². The number of ether oxygens (including phenoxy) is 2. The monoisotopic (exact) mass is 495 g/mol. The van der Waals surface area contributed by atoms with Crippen molar-refractivity contribution in [2.45, 2.75) is 24.7 Å². The van der Waals surface area contributed by atoms with E-state index >= 15 is 0 Å². The molecule has 7 nitrogen and oxygen atoms in total. The van der Waals surface area contributed by atoms with Gasteiger partial charge in [-0.1, -0.05) is 49.0 Å². The minimum atomic E-state index is -0.764. The standard InChI is InChI=1S/C30H29N3O4/c1-18-27(30(35)33-26-11-7-8-14-31-26)28(22-13-12-21(36-2)17-25(22)37-3)29-23(32-18)15-20(16-24(29)34)19-9-5-4-6-10-19/h4-14,17,20,27-28,32H,1,15-16H2,2-3H3,(H,31,33,35). The number of nitrogens with zero attached hydrogens (tertiary/aromatic N) is 1. The maximum atomic E-state index is 13.8. The fraction of sp³-hybridized carbons (Fsp3) is 0.233. The molecular formula is C30H29N3O4. The number of carbonyl (C=O) groups excluding carboxylic acids is 2. The van der Waals surface area contributed by atoms with Crippen molar-refractivity contribution >= 4 is 17.5 Å². The smallest absolute Gasteiger partial charge is 0.235 e. The van der Waals surface area contributed by atoms with Crippen molar-refractivity contribution in [2.24, 2.45) is 5.92 Å². The Hall–Kier alpha value is -4.39.